The van der Waals surface area contributed by atoms with Crippen LogP contribution >= 0.6 is 0 Å². The Kier molecular flexibility index (Phi) is 3.20. The monoisotopic (exact) mass is 248 g/mol. The van der Waals surface area contributed by atoms with Gasteiger partial charge in [-0.25, -0.2) is 0 Å². The van der Waals surface area contributed by atoms with Crippen molar-refractivity contribution < 1.29 is 15.0 Å². The predicted octanol–water partition coefficient (Wildman–Crippen LogP) is 2.51. The van der Waals surface area contributed by atoms with Gasteiger partial charge in [0, 0.05) is 0 Å². The van der Waals surface area contributed by atoms with E-state index < -0.39 is 17.0 Å². The van der Waals surface area contributed by atoms with Gasteiger partial charge in [0.2, 0.25) is 0 Å². The number of hydrogen-bond donors (Lipinski definition) is 2. The fourth-order valence-corrected chi connectivity index (χ4v) is 2.94. The predicted molar refractivity (Wildman–Crippen MR) is 69.6 cm³/mol. The Hall–Kier alpha value is -1.35. The molecule has 2 N–H and O–H groups in total. The maximum absolute atomic E-state index is 11.8. The lowest BCUT2D eigenvalue weighted by atomic mass is 9.73. The number of rotatable bonds is 4. The van der Waals surface area contributed by atoms with Crippen LogP contribution in [0.15, 0.2) is 24.3 Å². The van der Waals surface area contributed by atoms with Crippen LogP contribution in [0, 0.1) is 0 Å². The second-order valence-corrected chi connectivity index (χ2v) is 5.57. The van der Waals surface area contributed by atoms with Crippen molar-refractivity contribution in [3.8, 4) is 0 Å². The van der Waals surface area contributed by atoms with Crippen molar-refractivity contribution in [2.24, 2.45) is 0 Å². The molecule has 1 aliphatic rings. The van der Waals surface area contributed by atoms with Gasteiger partial charge in [0.1, 0.15) is 0 Å². The Bertz CT molecular complexity index is 465. The van der Waals surface area contributed by atoms with E-state index in [1.165, 1.54) is 0 Å². The van der Waals surface area contributed by atoms with Crippen molar-refractivity contribution in [3.05, 3.63) is 35.4 Å². The first-order chi connectivity index (χ1) is 8.41. The minimum absolute atomic E-state index is 0.281. The molecule has 2 atom stereocenters. The Morgan fingerprint density at radius 1 is 1.44 bits per heavy atom. The van der Waals surface area contributed by atoms with Gasteiger partial charge in [0.25, 0.3) is 0 Å². The number of benzene rings is 1. The summed E-state index contributed by atoms with van der Waals surface area (Å²) in [5.74, 6) is -0.818. The second kappa shape index (κ2) is 4.39. The molecular weight excluding hydrogens is 228 g/mol. The standard InChI is InChI=1S/C15H20O3/c1-3-14(2,18)10-15(13(16)17)9-8-11-6-4-5-7-12(11)15/h4-7,18H,3,8-10H2,1-2H3,(H,16,17). The highest BCUT2D eigenvalue weighted by Gasteiger charge is 2.48. The minimum atomic E-state index is -0.935. The van der Waals surface area contributed by atoms with Crippen LogP contribution in [0.2, 0.25) is 0 Å². The van der Waals surface area contributed by atoms with Crippen LogP contribution in [0.25, 0.3) is 0 Å². The summed E-state index contributed by atoms with van der Waals surface area (Å²) in [6.45, 7) is 3.61. The number of aliphatic hydroxyl groups is 1. The topological polar surface area (TPSA) is 57.5 Å². The van der Waals surface area contributed by atoms with Crippen molar-refractivity contribution in [2.45, 2.75) is 50.5 Å². The molecule has 0 bridgehead atoms. The summed E-state index contributed by atoms with van der Waals surface area (Å²) in [6.07, 6.45) is 2.20. The van der Waals surface area contributed by atoms with Crippen molar-refractivity contribution >= 4 is 5.97 Å². The SMILES string of the molecule is CCC(C)(O)CC1(C(=O)O)CCc2ccccc21. The quantitative estimate of drug-likeness (QED) is 0.860. The Morgan fingerprint density at radius 3 is 2.72 bits per heavy atom. The zero-order chi connectivity index (χ0) is 13.4. The number of hydrogen-bond acceptors (Lipinski definition) is 2. The van der Waals surface area contributed by atoms with Crippen LogP contribution in [-0.4, -0.2) is 21.8 Å². The summed E-state index contributed by atoms with van der Waals surface area (Å²) in [4.78, 5) is 11.8. The summed E-state index contributed by atoms with van der Waals surface area (Å²) in [6, 6.07) is 7.69. The van der Waals surface area contributed by atoms with E-state index in [1.54, 1.807) is 6.92 Å². The molecule has 1 aromatic carbocycles. The first-order valence-corrected chi connectivity index (χ1v) is 6.45. The first kappa shape index (κ1) is 13.1. The lowest BCUT2D eigenvalue weighted by Gasteiger charge is -2.33. The number of carboxylic acids is 1. The molecule has 18 heavy (non-hydrogen) atoms. The van der Waals surface area contributed by atoms with Gasteiger partial charge in [0.15, 0.2) is 0 Å². The minimum Gasteiger partial charge on any atom is -0.481 e. The number of aryl methyl sites for hydroxylation is 1. The lowest BCUT2D eigenvalue weighted by Crippen LogP contribution is -2.41. The van der Waals surface area contributed by atoms with Crippen LogP contribution < -0.4 is 0 Å². The van der Waals surface area contributed by atoms with E-state index in [-0.39, 0.29) is 6.42 Å². The second-order valence-electron chi connectivity index (χ2n) is 5.57. The van der Waals surface area contributed by atoms with E-state index >= 15 is 0 Å². The third kappa shape index (κ3) is 2.03. The molecule has 0 radical (unpaired) electrons. The fraction of sp³-hybridized carbons (Fsp3) is 0.533. The highest BCUT2D eigenvalue weighted by atomic mass is 16.4. The summed E-state index contributed by atoms with van der Waals surface area (Å²) in [5.41, 5.74) is 0.129. The molecule has 1 aromatic rings. The van der Waals surface area contributed by atoms with Gasteiger partial charge in [-0.2, -0.15) is 0 Å². The molecule has 3 nitrogen and oxygen atoms in total. The van der Waals surface area contributed by atoms with Crippen molar-refractivity contribution in [2.75, 3.05) is 0 Å². The van der Waals surface area contributed by atoms with Crippen LogP contribution in [0.1, 0.15) is 44.2 Å². The van der Waals surface area contributed by atoms with Crippen molar-refractivity contribution in [1.29, 1.82) is 0 Å². The molecule has 2 unspecified atom stereocenters. The Labute approximate surface area is 107 Å². The van der Waals surface area contributed by atoms with E-state index in [0.717, 1.165) is 17.5 Å². The van der Waals surface area contributed by atoms with E-state index in [9.17, 15) is 15.0 Å². The molecule has 0 aliphatic heterocycles. The zero-order valence-electron chi connectivity index (χ0n) is 10.9. The summed E-state index contributed by atoms with van der Waals surface area (Å²) >= 11 is 0. The van der Waals surface area contributed by atoms with Crippen LogP contribution in [0.4, 0.5) is 0 Å². The molecule has 1 aliphatic carbocycles. The van der Waals surface area contributed by atoms with Crippen molar-refractivity contribution in [1.82, 2.24) is 0 Å². The molecule has 0 aromatic heterocycles. The molecule has 0 fully saturated rings. The number of carbonyl (C=O) groups is 1. The molecule has 0 amide bonds. The first-order valence-electron chi connectivity index (χ1n) is 6.45. The number of carboxylic acid groups (broad SMARTS) is 1. The van der Waals surface area contributed by atoms with Crippen LogP contribution in [0.5, 0.6) is 0 Å². The molecule has 0 heterocycles. The summed E-state index contributed by atoms with van der Waals surface area (Å²) < 4.78 is 0. The molecular formula is C15H20O3. The average Bonchev–Trinajstić information content (AvgIpc) is 2.70. The number of aliphatic carboxylic acids is 1. The third-order valence-corrected chi connectivity index (χ3v) is 4.21. The van der Waals surface area contributed by atoms with E-state index in [2.05, 4.69) is 0 Å². The van der Waals surface area contributed by atoms with Crippen LogP contribution in [0.3, 0.4) is 0 Å². The van der Waals surface area contributed by atoms with Gasteiger partial charge in [-0.05, 0) is 43.7 Å². The number of fused-ring (bicyclic) bond motifs is 1. The molecule has 98 valence electrons. The maximum atomic E-state index is 11.8. The van der Waals surface area contributed by atoms with Gasteiger partial charge in [-0.15, -0.1) is 0 Å². The van der Waals surface area contributed by atoms with Gasteiger partial charge >= 0.3 is 5.97 Å². The zero-order valence-corrected chi connectivity index (χ0v) is 10.9. The van der Waals surface area contributed by atoms with E-state index in [0.29, 0.717) is 12.8 Å². The molecule has 0 spiro atoms. The third-order valence-electron chi connectivity index (χ3n) is 4.21. The van der Waals surface area contributed by atoms with E-state index in [1.807, 2.05) is 31.2 Å². The normalized spacial score (nSPS) is 25.5. The van der Waals surface area contributed by atoms with Gasteiger partial charge in [-0.3, -0.25) is 4.79 Å². The largest absolute Gasteiger partial charge is 0.481 e. The van der Waals surface area contributed by atoms with E-state index in [4.69, 9.17) is 0 Å². The summed E-state index contributed by atoms with van der Waals surface area (Å²) in [5, 5.41) is 19.9. The lowest BCUT2D eigenvalue weighted by molar-refractivity contribution is -0.146. The molecule has 0 saturated heterocycles. The summed E-state index contributed by atoms with van der Waals surface area (Å²) in [7, 11) is 0. The highest BCUT2D eigenvalue weighted by Crippen LogP contribution is 2.45. The highest BCUT2D eigenvalue weighted by molar-refractivity contribution is 5.83. The smallest absolute Gasteiger partial charge is 0.314 e. The Morgan fingerprint density at radius 2 is 2.11 bits per heavy atom. The fourth-order valence-electron chi connectivity index (χ4n) is 2.94. The molecule has 0 saturated carbocycles. The van der Waals surface area contributed by atoms with Crippen molar-refractivity contribution in [3.63, 3.8) is 0 Å². The maximum Gasteiger partial charge on any atom is 0.314 e. The molecule has 2 rings (SSSR count). The molecule has 3 heteroatoms. The van der Waals surface area contributed by atoms with Gasteiger partial charge < -0.3 is 10.2 Å². The van der Waals surface area contributed by atoms with Gasteiger partial charge in [0.05, 0.1) is 11.0 Å². The van der Waals surface area contributed by atoms with Gasteiger partial charge in [-0.1, -0.05) is 31.2 Å². The Balaban J connectivity index is 2.45. The van der Waals surface area contributed by atoms with Crippen LogP contribution in [-0.2, 0) is 16.6 Å². The average molecular weight is 248 g/mol.